The van der Waals surface area contributed by atoms with Crippen molar-refractivity contribution < 1.29 is 5.11 Å². The third kappa shape index (κ3) is 3.72. The van der Waals surface area contributed by atoms with E-state index in [1.807, 2.05) is 12.1 Å². The molecule has 0 radical (unpaired) electrons. The number of hydrogen-bond acceptors (Lipinski definition) is 3. The molecule has 0 spiro atoms. The van der Waals surface area contributed by atoms with E-state index in [1.165, 1.54) is 5.56 Å². The minimum Gasteiger partial charge on any atom is -0.395 e. The van der Waals surface area contributed by atoms with Crippen molar-refractivity contribution in [1.82, 2.24) is 0 Å². The second kappa shape index (κ2) is 7.30. The van der Waals surface area contributed by atoms with Crippen LogP contribution in [0.4, 0.5) is 5.69 Å². The first-order chi connectivity index (χ1) is 8.24. The first kappa shape index (κ1) is 14.0. The van der Waals surface area contributed by atoms with Crippen LogP contribution in [0.3, 0.4) is 0 Å². The van der Waals surface area contributed by atoms with Crippen molar-refractivity contribution in [2.24, 2.45) is 5.73 Å². The summed E-state index contributed by atoms with van der Waals surface area (Å²) in [4.78, 5) is 2.21. The van der Waals surface area contributed by atoms with Crippen LogP contribution in [-0.4, -0.2) is 24.8 Å². The van der Waals surface area contributed by atoms with Gasteiger partial charge in [0.1, 0.15) is 0 Å². The first-order valence-electron chi connectivity index (χ1n) is 6.44. The zero-order chi connectivity index (χ0) is 12.7. The number of hydrogen-bond donors (Lipinski definition) is 2. The van der Waals surface area contributed by atoms with Gasteiger partial charge in [0.15, 0.2) is 0 Å². The highest BCUT2D eigenvalue weighted by Crippen LogP contribution is 2.26. The number of rotatable bonds is 7. The molecule has 1 aromatic rings. The summed E-state index contributed by atoms with van der Waals surface area (Å²) in [5, 5.41) is 9.14. The highest BCUT2D eigenvalue weighted by molar-refractivity contribution is 5.55. The molecule has 0 bridgehead atoms. The van der Waals surface area contributed by atoms with E-state index in [2.05, 4.69) is 30.9 Å². The Balaban J connectivity index is 2.99. The lowest BCUT2D eigenvalue weighted by Gasteiger charge is -2.27. The van der Waals surface area contributed by atoms with Crippen LogP contribution in [0.2, 0.25) is 0 Å². The van der Waals surface area contributed by atoms with E-state index < -0.39 is 0 Å². The van der Waals surface area contributed by atoms with Crippen molar-refractivity contribution in [2.45, 2.75) is 32.7 Å². The molecule has 3 N–H and O–H groups in total. The first-order valence-corrected chi connectivity index (χ1v) is 6.44. The minimum absolute atomic E-state index is 0.0734. The van der Waals surface area contributed by atoms with Gasteiger partial charge in [0.2, 0.25) is 0 Å². The van der Waals surface area contributed by atoms with Gasteiger partial charge >= 0.3 is 0 Å². The number of benzene rings is 1. The van der Waals surface area contributed by atoms with Crippen LogP contribution in [-0.2, 0) is 0 Å². The van der Waals surface area contributed by atoms with Crippen LogP contribution < -0.4 is 10.6 Å². The lowest BCUT2D eigenvalue weighted by molar-refractivity contribution is 0.301. The molecule has 1 atom stereocenters. The summed E-state index contributed by atoms with van der Waals surface area (Å²) in [6.07, 6.45) is 1.99. The summed E-state index contributed by atoms with van der Waals surface area (Å²) < 4.78 is 0. The number of nitrogens with zero attached hydrogens (tertiary/aromatic N) is 1. The van der Waals surface area contributed by atoms with E-state index in [0.29, 0.717) is 6.54 Å². The second-order valence-electron chi connectivity index (χ2n) is 4.28. The fourth-order valence-corrected chi connectivity index (χ4v) is 2.05. The van der Waals surface area contributed by atoms with E-state index in [0.717, 1.165) is 25.1 Å². The van der Waals surface area contributed by atoms with Gasteiger partial charge in [0.05, 0.1) is 6.61 Å². The molecular weight excluding hydrogens is 212 g/mol. The SMILES string of the molecule is CCCN(CCO)c1ccccc1[C@H](N)CC. The predicted molar refractivity (Wildman–Crippen MR) is 73.3 cm³/mol. The molecule has 0 amide bonds. The average molecular weight is 236 g/mol. The molecule has 0 saturated carbocycles. The third-order valence-corrected chi connectivity index (χ3v) is 2.98. The lowest BCUT2D eigenvalue weighted by atomic mass is 10.0. The number of aliphatic hydroxyl groups is 1. The summed E-state index contributed by atoms with van der Waals surface area (Å²) >= 11 is 0. The minimum atomic E-state index is 0.0734. The van der Waals surface area contributed by atoms with Crippen LogP contribution in [0, 0.1) is 0 Å². The van der Waals surface area contributed by atoms with E-state index in [9.17, 15) is 0 Å². The average Bonchev–Trinajstić information content (AvgIpc) is 2.37. The fraction of sp³-hybridized carbons (Fsp3) is 0.571. The predicted octanol–water partition coefficient (Wildman–Crippen LogP) is 2.31. The summed E-state index contributed by atoms with van der Waals surface area (Å²) in [6.45, 7) is 6.04. The van der Waals surface area contributed by atoms with Crippen molar-refractivity contribution in [2.75, 3.05) is 24.6 Å². The molecule has 0 heterocycles. The monoisotopic (exact) mass is 236 g/mol. The van der Waals surface area contributed by atoms with E-state index in [1.54, 1.807) is 0 Å². The molecule has 0 aromatic heterocycles. The number of nitrogens with two attached hydrogens (primary N) is 1. The second-order valence-corrected chi connectivity index (χ2v) is 4.28. The molecule has 3 heteroatoms. The zero-order valence-electron chi connectivity index (χ0n) is 10.9. The molecule has 0 aliphatic heterocycles. The highest BCUT2D eigenvalue weighted by Gasteiger charge is 2.13. The van der Waals surface area contributed by atoms with Crippen LogP contribution in [0.15, 0.2) is 24.3 Å². The van der Waals surface area contributed by atoms with Gasteiger partial charge in [-0.15, -0.1) is 0 Å². The Morgan fingerprint density at radius 3 is 2.53 bits per heavy atom. The molecular formula is C14H24N2O. The molecule has 0 fully saturated rings. The molecule has 17 heavy (non-hydrogen) atoms. The molecule has 0 saturated heterocycles. The number of aliphatic hydroxyl groups excluding tert-OH is 1. The van der Waals surface area contributed by atoms with E-state index in [4.69, 9.17) is 10.8 Å². The Morgan fingerprint density at radius 1 is 1.24 bits per heavy atom. The summed E-state index contributed by atoms with van der Waals surface area (Å²) in [6, 6.07) is 8.31. The quantitative estimate of drug-likeness (QED) is 0.763. The molecule has 0 unspecified atom stereocenters. The van der Waals surface area contributed by atoms with Gasteiger partial charge in [-0.25, -0.2) is 0 Å². The summed E-state index contributed by atoms with van der Waals surface area (Å²) in [7, 11) is 0. The number of para-hydroxylation sites is 1. The van der Waals surface area contributed by atoms with Crippen molar-refractivity contribution in [3.63, 3.8) is 0 Å². The molecule has 0 aliphatic rings. The Hall–Kier alpha value is -1.06. The largest absolute Gasteiger partial charge is 0.395 e. The molecule has 96 valence electrons. The van der Waals surface area contributed by atoms with Gasteiger partial charge in [-0.2, -0.15) is 0 Å². The normalized spacial score (nSPS) is 12.5. The van der Waals surface area contributed by atoms with Crippen LogP contribution in [0.1, 0.15) is 38.3 Å². The molecule has 0 aliphatic carbocycles. The number of anilines is 1. The Morgan fingerprint density at radius 2 is 1.94 bits per heavy atom. The van der Waals surface area contributed by atoms with Gasteiger partial charge in [-0.3, -0.25) is 0 Å². The highest BCUT2D eigenvalue weighted by atomic mass is 16.3. The van der Waals surface area contributed by atoms with Crippen LogP contribution in [0.5, 0.6) is 0 Å². The Kier molecular flexibility index (Phi) is 6.01. The van der Waals surface area contributed by atoms with E-state index in [-0.39, 0.29) is 12.6 Å². The Labute approximate surface area is 104 Å². The standard InChI is InChI=1S/C14H24N2O/c1-3-9-16(10-11-17)14-8-6-5-7-12(14)13(15)4-2/h5-8,13,17H,3-4,9-11,15H2,1-2H3/t13-/m1/s1. The maximum absolute atomic E-state index is 9.14. The van der Waals surface area contributed by atoms with Crippen molar-refractivity contribution >= 4 is 5.69 Å². The fourth-order valence-electron chi connectivity index (χ4n) is 2.05. The van der Waals surface area contributed by atoms with Gasteiger partial charge in [0, 0.05) is 24.8 Å². The van der Waals surface area contributed by atoms with Crippen molar-refractivity contribution in [3.05, 3.63) is 29.8 Å². The Bertz CT molecular complexity index is 322. The maximum atomic E-state index is 9.14. The molecule has 1 aromatic carbocycles. The van der Waals surface area contributed by atoms with E-state index >= 15 is 0 Å². The zero-order valence-corrected chi connectivity index (χ0v) is 10.9. The van der Waals surface area contributed by atoms with Crippen LogP contribution in [0.25, 0.3) is 0 Å². The molecule has 3 nitrogen and oxygen atoms in total. The maximum Gasteiger partial charge on any atom is 0.0606 e. The van der Waals surface area contributed by atoms with Gasteiger partial charge in [-0.1, -0.05) is 32.0 Å². The van der Waals surface area contributed by atoms with Gasteiger partial charge < -0.3 is 15.7 Å². The molecule has 1 rings (SSSR count). The lowest BCUT2D eigenvalue weighted by Crippen LogP contribution is -2.29. The topological polar surface area (TPSA) is 49.5 Å². The van der Waals surface area contributed by atoms with Crippen LogP contribution >= 0.6 is 0 Å². The smallest absolute Gasteiger partial charge is 0.0606 e. The third-order valence-electron chi connectivity index (χ3n) is 2.98. The summed E-state index contributed by atoms with van der Waals surface area (Å²) in [5.41, 5.74) is 8.48. The summed E-state index contributed by atoms with van der Waals surface area (Å²) in [5.74, 6) is 0. The van der Waals surface area contributed by atoms with Crippen molar-refractivity contribution in [1.29, 1.82) is 0 Å². The van der Waals surface area contributed by atoms with Gasteiger partial charge in [0.25, 0.3) is 0 Å². The van der Waals surface area contributed by atoms with Gasteiger partial charge in [-0.05, 0) is 24.5 Å². The van der Waals surface area contributed by atoms with Crippen molar-refractivity contribution in [3.8, 4) is 0 Å².